The van der Waals surface area contributed by atoms with E-state index >= 15 is 0 Å². The van der Waals surface area contributed by atoms with Crippen LogP contribution in [-0.2, 0) is 9.59 Å². The lowest BCUT2D eigenvalue weighted by atomic mass is 10.2. The number of benzene rings is 2. The minimum atomic E-state index is -0.641. The highest BCUT2D eigenvalue weighted by atomic mass is 19.1. The zero-order valence-electron chi connectivity index (χ0n) is 12.8. The summed E-state index contributed by atoms with van der Waals surface area (Å²) in [5, 5.41) is 16.6. The van der Waals surface area contributed by atoms with Crippen LogP contribution in [0.25, 0.3) is 0 Å². The highest BCUT2D eigenvalue weighted by molar-refractivity contribution is 6.03. The molecule has 0 bridgehead atoms. The normalized spacial score (nSPS) is 10.4. The van der Waals surface area contributed by atoms with E-state index in [2.05, 4.69) is 15.8 Å². The lowest BCUT2D eigenvalue weighted by Crippen LogP contribution is -2.24. The minimum Gasteiger partial charge on any atom is -0.326 e. The number of hydrazone groups is 1. The zero-order valence-corrected chi connectivity index (χ0v) is 12.8. The van der Waals surface area contributed by atoms with E-state index in [0.29, 0.717) is 11.3 Å². The summed E-state index contributed by atoms with van der Waals surface area (Å²) >= 11 is 0. The molecule has 9 heteroatoms. The third-order valence-corrected chi connectivity index (χ3v) is 2.96. The maximum atomic E-state index is 12.7. The van der Waals surface area contributed by atoms with Gasteiger partial charge in [-0.2, -0.15) is 5.10 Å². The number of rotatable bonds is 6. The number of non-ortho nitro benzene ring substituents is 1. The fourth-order valence-electron chi connectivity index (χ4n) is 1.78. The number of nitrogens with one attached hydrogen (secondary N) is 2. The first-order chi connectivity index (χ1) is 11.9. The predicted octanol–water partition coefficient (Wildman–Crippen LogP) is 2.21. The van der Waals surface area contributed by atoms with Crippen molar-refractivity contribution >= 4 is 29.4 Å². The standard InChI is InChI=1S/C16H13FN4O4/c17-12-3-5-13(6-4-12)19-15(22)9-16(23)20-18-10-11-1-7-14(8-2-11)21(24)25/h1-8,10H,9H2,(H,19,22)(H,20,23). The second kappa shape index (κ2) is 8.29. The van der Waals surface area contributed by atoms with Crippen molar-refractivity contribution in [3.8, 4) is 0 Å². The number of hydrogen-bond donors (Lipinski definition) is 2. The fraction of sp³-hybridized carbons (Fsp3) is 0.0625. The SMILES string of the molecule is O=C(CC(=O)Nc1ccc(F)cc1)NN=Cc1ccc([N+](=O)[O-])cc1. The van der Waals surface area contributed by atoms with Gasteiger partial charge in [-0.15, -0.1) is 0 Å². The summed E-state index contributed by atoms with van der Waals surface area (Å²) in [5.74, 6) is -1.65. The van der Waals surface area contributed by atoms with Crippen molar-refractivity contribution in [2.75, 3.05) is 5.32 Å². The first-order valence-corrected chi connectivity index (χ1v) is 7.06. The van der Waals surface area contributed by atoms with Crippen LogP contribution in [0, 0.1) is 15.9 Å². The third kappa shape index (κ3) is 5.82. The van der Waals surface area contributed by atoms with Crippen LogP contribution in [0.1, 0.15) is 12.0 Å². The van der Waals surface area contributed by atoms with Crippen LogP contribution >= 0.6 is 0 Å². The Bertz CT molecular complexity index is 804. The van der Waals surface area contributed by atoms with E-state index in [1.807, 2.05) is 0 Å². The van der Waals surface area contributed by atoms with Gasteiger partial charge in [-0.25, -0.2) is 9.82 Å². The minimum absolute atomic E-state index is 0.0568. The van der Waals surface area contributed by atoms with Crippen molar-refractivity contribution in [2.45, 2.75) is 6.42 Å². The van der Waals surface area contributed by atoms with Crippen molar-refractivity contribution in [3.63, 3.8) is 0 Å². The van der Waals surface area contributed by atoms with Gasteiger partial charge in [0.25, 0.3) is 5.69 Å². The fourth-order valence-corrected chi connectivity index (χ4v) is 1.78. The molecule has 128 valence electrons. The number of halogens is 1. The van der Waals surface area contributed by atoms with Gasteiger partial charge in [-0.3, -0.25) is 19.7 Å². The summed E-state index contributed by atoms with van der Waals surface area (Å²) in [4.78, 5) is 33.3. The van der Waals surface area contributed by atoms with Gasteiger partial charge in [0.1, 0.15) is 12.2 Å². The first-order valence-electron chi connectivity index (χ1n) is 7.06. The summed E-state index contributed by atoms with van der Waals surface area (Å²) in [6.45, 7) is 0. The molecule has 0 radical (unpaired) electrons. The Labute approximate surface area is 141 Å². The molecule has 0 aromatic heterocycles. The van der Waals surface area contributed by atoms with Crippen molar-refractivity contribution in [1.29, 1.82) is 0 Å². The van der Waals surface area contributed by atoms with E-state index in [4.69, 9.17) is 0 Å². The number of nitrogens with zero attached hydrogens (tertiary/aromatic N) is 2. The molecule has 2 rings (SSSR count). The first kappa shape index (κ1) is 17.7. The molecule has 2 aromatic rings. The average Bonchev–Trinajstić information content (AvgIpc) is 2.57. The van der Waals surface area contributed by atoms with Crippen LogP contribution in [0.5, 0.6) is 0 Å². The van der Waals surface area contributed by atoms with Gasteiger partial charge in [0.15, 0.2) is 0 Å². The molecule has 0 atom stereocenters. The quantitative estimate of drug-likeness (QED) is 0.362. The summed E-state index contributed by atoms with van der Waals surface area (Å²) < 4.78 is 12.7. The van der Waals surface area contributed by atoms with E-state index in [-0.39, 0.29) is 5.69 Å². The van der Waals surface area contributed by atoms with Crippen molar-refractivity contribution in [2.24, 2.45) is 5.10 Å². The summed E-state index contributed by atoms with van der Waals surface area (Å²) in [5.41, 5.74) is 3.03. The Hall–Kier alpha value is -3.62. The smallest absolute Gasteiger partial charge is 0.269 e. The number of carbonyl (C=O) groups excluding carboxylic acids is 2. The topological polar surface area (TPSA) is 114 Å². The number of nitro benzene ring substituents is 1. The van der Waals surface area contributed by atoms with Crippen LogP contribution in [-0.4, -0.2) is 23.0 Å². The Morgan fingerprint density at radius 1 is 1.08 bits per heavy atom. The molecule has 0 saturated carbocycles. The van der Waals surface area contributed by atoms with Crippen molar-refractivity contribution in [3.05, 3.63) is 70.0 Å². The lowest BCUT2D eigenvalue weighted by Gasteiger charge is -2.04. The maximum Gasteiger partial charge on any atom is 0.269 e. The molecule has 0 heterocycles. The number of nitro groups is 1. The Kier molecular flexibility index (Phi) is 5.88. The summed E-state index contributed by atoms with van der Waals surface area (Å²) in [7, 11) is 0. The molecular formula is C16H13FN4O4. The molecular weight excluding hydrogens is 331 g/mol. The lowest BCUT2D eigenvalue weighted by molar-refractivity contribution is -0.384. The maximum absolute atomic E-state index is 12.7. The van der Waals surface area contributed by atoms with Gasteiger partial charge in [0.05, 0.1) is 11.1 Å². The molecule has 0 fully saturated rings. The van der Waals surface area contributed by atoms with Gasteiger partial charge in [-0.1, -0.05) is 0 Å². The largest absolute Gasteiger partial charge is 0.326 e. The van der Waals surface area contributed by atoms with E-state index in [1.54, 1.807) is 0 Å². The van der Waals surface area contributed by atoms with Crippen LogP contribution < -0.4 is 10.7 Å². The molecule has 8 nitrogen and oxygen atoms in total. The van der Waals surface area contributed by atoms with E-state index in [1.165, 1.54) is 54.7 Å². The van der Waals surface area contributed by atoms with Gasteiger partial charge in [-0.05, 0) is 42.0 Å². The molecule has 0 aliphatic heterocycles. The third-order valence-electron chi connectivity index (χ3n) is 2.96. The molecule has 0 spiro atoms. The molecule has 0 aliphatic carbocycles. The molecule has 2 N–H and O–H groups in total. The molecule has 2 aromatic carbocycles. The van der Waals surface area contributed by atoms with Gasteiger partial charge >= 0.3 is 0 Å². The number of hydrogen-bond acceptors (Lipinski definition) is 5. The molecule has 0 unspecified atom stereocenters. The predicted molar refractivity (Wildman–Crippen MR) is 88.5 cm³/mol. The highest BCUT2D eigenvalue weighted by Crippen LogP contribution is 2.10. The zero-order chi connectivity index (χ0) is 18.2. The van der Waals surface area contributed by atoms with Gasteiger partial charge in [0, 0.05) is 17.8 Å². The van der Waals surface area contributed by atoms with Crippen molar-refractivity contribution < 1.29 is 18.9 Å². The van der Waals surface area contributed by atoms with Crippen LogP contribution in [0.3, 0.4) is 0 Å². The molecule has 0 aliphatic rings. The summed E-state index contributed by atoms with van der Waals surface area (Å²) in [6, 6.07) is 10.7. The highest BCUT2D eigenvalue weighted by Gasteiger charge is 2.09. The molecule has 25 heavy (non-hydrogen) atoms. The average molecular weight is 344 g/mol. The second-order valence-electron chi connectivity index (χ2n) is 4.87. The summed E-state index contributed by atoms with van der Waals surface area (Å²) in [6.07, 6.45) is 0.828. The Morgan fingerprint density at radius 2 is 1.72 bits per heavy atom. The van der Waals surface area contributed by atoms with Crippen LogP contribution in [0.2, 0.25) is 0 Å². The van der Waals surface area contributed by atoms with E-state index in [0.717, 1.165) is 0 Å². The van der Waals surface area contributed by atoms with E-state index < -0.39 is 29.0 Å². The van der Waals surface area contributed by atoms with E-state index in [9.17, 15) is 24.1 Å². The molecule has 0 saturated heterocycles. The van der Waals surface area contributed by atoms with Crippen LogP contribution in [0.15, 0.2) is 53.6 Å². The number of carbonyl (C=O) groups is 2. The van der Waals surface area contributed by atoms with Gasteiger partial charge in [0.2, 0.25) is 11.8 Å². The Morgan fingerprint density at radius 3 is 2.32 bits per heavy atom. The van der Waals surface area contributed by atoms with Gasteiger partial charge < -0.3 is 5.32 Å². The Balaban J connectivity index is 1.80. The monoisotopic (exact) mass is 344 g/mol. The number of amides is 2. The van der Waals surface area contributed by atoms with Crippen LogP contribution in [0.4, 0.5) is 15.8 Å². The number of anilines is 1. The molecule has 2 amide bonds. The second-order valence-corrected chi connectivity index (χ2v) is 4.87. The van der Waals surface area contributed by atoms with Crippen molar-refractivity contribution in [1.82, 2.24) is 5.43 Å².